The standard InChI is InChI=1S/C31H17NOS/c1-3-9-27-20(7-1)23-12-11-22-24(18-6-5-13-32-17-18)14-19-15-29-26(16-25(19)30(22)31(23)33-27)21-8-2-4-10-28(21)34-29/h1-17H. The lowest BCUT2D eigenvalue weighted by atomic mass is 9.92. The van der Waals surface area contributed by atoms with Gasteiger partial charge in [0, 0.05) is 54.3 Å². The third kappa shape index (κ3) is 2.42. The predicted octanol–water partition coefficient (Wildman–Crippen LogP) is 9.32. The van der Waals surface area contributed by atoms with Crippen molar-refractivity contribution < 1.29 is 4.42 Å². The number of benzene rings is 5. The maximum Gasteiger partial charge on any atom is 0.143 e. The summed E-state index contributed by atoms with van der Waals surface area (Å²) in [4.78, 5) is 4.40. The number of thiophene rings is 1. The highest BCUT2D eigenvalue weighted by molar-refractivity contribution is 7.25. The molecule has 3 heteroatoms. The van der Waals surface area contributed by atoms with Crippen LogP contribution in [0.1, 0.15) is 0 Å². The van der Waals surface area contributed by atoms with Gasteiger partial charge in [0.1, 0.15) is 11.2 Å². The smallest absolute Gasteiger partial charge is 0.143 e. The number of hydrogen-bond donors (Lipinski definition) is 0. The van der Waals surface area contributed by atoms with Gasteiger partial charge in [0.15, 0.2) is 0 Å². The lowest BCUT2D eigenvalue weighted by molar-refractivity contribution is 0.673. The summed E-state index contributed by atoms with van der Waals surface area (Å²) in [5.41, 5.74) is 4.17. The van der Waals surface area contributed by atoms with E-state index >= 15 is 0 Å². The quantitative estimate of drug-likeness (QED) is 0.232. The molecule has 0 N–H and O–H groups in total. The van der Waals surface area contributed by atoms with Gasteiger partial charge in [-0.1, -0.05) is 48.5 Å². The van der Waals surface area contributed by atoms with Crippen molar-refractivity contribution >= 4 is 75.0 Å². The average molecular weight is 452 g/mol. The Morgan fingerprint density at radius 2 is 1.47 bits per heavy atom. The van der Waals surface area contributed by atoms with E-state index in [1.807, 2.05) is 35.9 Å². The predicted molar refractivity (Wildman–Crippen MR) is 145 cm³/mol. The van der Waals surface area contributed by atoms with Crippen LogP contribution in [0.2, 0.25) is 0 Å². The summed E-state index contributed by atoms with van der Waals surface area (Å²) >= 11 is 1.86. The van der Waals surface area contributed by atoms with Gasteiger partial charge in [0.2, 0.25) is 0 Å². The molecule has 34 heavy (non-hydrogen) atoms. The van der Waals surface area contributed by atoms with E-state index < -0.39 is 0 Å². The van der Waals surface area contributed by atoms with E-state index in [1.165, 1.54) is 47.3 Å². The van der Waals surface area contributed by atoms with Crippen molar-refractivity contribution in [1.82, 2.24) is 4.98 Å². The first-order valence-electron chi connectivity index (χ1n) is 11.4. The van der Waals surface area contributed by atoms with Crippen molar-refractivity contribution in [2.75, 3.05) is 0 Å². The van der Waals surface area contributed by atoms with Gasteiger partial charge in [-0.3, -0.25) is 4.98 Å². The fourth-order valence-electron chi connectivity index (χ4n) is 5.40. The fraction of sp³-hybridized carbons (Fsp3) is 0. The maximum atomic E-state index is 6.53. The Hall–Kier alpha value is -4.21. The van der Waals surface area contributed by atoms with Crippen LogP contribution in [0.4, 0.5) is 0 Å². The Morgan fingerprint density at radius 3 is 2.38 bits per heavy atom. The number of nitrogens with zero attached hydrogens (tertiary/aromatic N) is 1. The molecule has 158 valence electrons. The van der Waals surface area contributed by atoms with Gasteiger partial charge in [0.25, 0.3) is 0 Å². The van der Waals surface area contributed by atoms with Crippen molar-refractivity contribution in [2.45, 2.75) is 0 Å². The molecule has 0 atom stereocenters. The molecular formula is C31H17NOS. The molecule has 0 saturated carbocycles. The second-order valence-electron chi connectivity index (χ2n) is 8.80. The van der Waals surface area contributed by atoms with Gasteiger partial charge in [0.05, 0.1) is 0 Å². The largest absolute Gasteiger partial charge is 0.455 e. The van der Waals surface area contributed by atoms with E-state index in [0.29, 0.717) is 0 Å². The molecule has 0 amide bonds. The molecule has 0 bridgehead atoms. The van der Waals surface area contributed by atoms with Crippen LogP contribution >= 0.6 is 11.3 Å². The van der Waals surface area contributed by atoms with Crippen molar-refractivity contribution in [3.8, 4) is 11.1 Å². The van der Waals surface area contributed by atoms with Crippen LogP contribution < -0.4 is 0 Å². The summed E-state index contributed by atoms with van der Waals surface area (Å²) in [6.45, 7) is 0. The normalized spacial score (nSPS) is 12.1. The monoisotopic (exact) mass is 451 g/mol. The van der Waals surface area contributed by atoms with Gasteiger partial charge in [-0.05, 0) is 64.2 Å². The van der Waals surface area contributed by atoms with Crippen molar-refractivity contribution in [3.05, 3.63) is 103 Å². The highest BCUT2D eigenvalue weighted by Crippen LogP contribution is 2.44. The van der Waals surface area contributed by atoms with Crippen molar-refractivity contribution in [1.29, 1.82) is 0 Å². The zero-order valence-electron chi connectivity index (χ0n) is 18.1. The molecule has 0 aliphatic heterocycles. The average Bonchev–Trinajstić information content (AvgIpc) is 3.45. The Labute approximate surface area is 198 Å². The van der Waals surface area contributed by atoms with Gasteiger partial charge in [-0.25, -0.2) is 0 Å². The molecule has 0 aliphatic carbocycles. The molecule has 0 spiro atoms. The van der Waals surface area contributed by atoms with Crippen LogP contribution in [0.5, 0.6) is 0 Å². The second-order valence-corrected chi connectivity index (χ2v) is 9.88. The van der Waals surface area contributed by atoms with Crippen LogP contribution in [0.15, 0.2) is 108 Å². The number of hydrogen-bond acceptors (Lipinski definition) is 3. The van der Waals surface area contributed by atoms with E-state index in [1.54, 1.807) is 0 Å². The molecule has 0 unspecified atom stereocenters. The first-order chi connectivity index (χ1) is 16.8. The van der Waals surface area contributed by atoms with Crippen LogP contribution in [0, 0.1) is 0 Å². The van der Waals surface area contributed by atoms with Crippen LogP contribution in [0.3, 0.4) is 0 Å². The minimum absolute atomic E-state index is 0.923. The molecule has 0 fully saturated rings. The highest BCUT2D eigenvalue weighted by Gasteiger charge is 2.17. The summed E-state index contributed by atoms with van der Waals surface area (Å²) in [5, 5.41) is 9.72. The Balaban J connectivity index is 1.64. The number of rotatable bonds is 1. The van der Waals surface area contributed by atoms with Crippen LogP contribution in [0.25, 0.3) is 74.8 Å². The van der Waals surface area contributed by atoms with E-state index in [0.717, 1.165) is 27.5 Å². The molecule has 8 aromatic rings. The van der Waals surface area contributed by atoms with E-state index in [-0.39, 0.29) is 0 Å². The molecule has 5 aromatic carbocycles. The molecular weight excluding hydrogens is 434 g/mol. The summed E-state index contributed by atoms with van der Waals surface area (Å²) in [6.07, 6.45) is 3.77. The molecule has 2 nitrogen and oxygen atoms in total. The lowest BCUT2D eigenvalue weighted by Crippen LogP contribution is -1.86. The van der Waals surface area contributed by atoms with Gasteiger partial charge in [-0.2, -0.15) is 0 Å². The van der Waals surface area contributed by atoms with Crippen molar-refractivity contribution in [3.63, 3.8) is 0 Å². The lowest BCUT2D eigenvalue weighted by Gasteiger charge is -2.12. The van der Waals surface area contributed by atoms with Gasteiger partial charge >= 0.3 is 0 Å². The number of furan rings is 1. The number of aromatic nitrogens is 1. The van der Waals surface area contributed by atoms with Crippen molar-refractivity contribution in [2.24, 2.45) is 0 Å². The summed E-state index contributed by atoms with van der Waals surface area (Å²) in [5.74, 6) is 0. The minimum atomic E-state index is 0.923. The minimum Gasteiger partial charge on any atom is -0.455 e. The molecule has 0 aliphatic rings. The Morgan fingerprint density at radius 1 is 0.618 bits per heavy atom. The second kappa shape index (κ2) is 6.66. The first kappa shape index (κ1) is 18.2. The zero-order chi connectivity index (χ0) is 22.2. The van der Waals surface area contributed by atoms with E-state index in [9.17, 15) is 0 Å². The summed E-state index contributed by atoms with van der Waals surface area (Å²) in [7, 11) is 0. The third-order valence-corrected chi connectivity index (χ3v) is 8.06. The van der Waals surface area contributed by atoms with E-state index in [2.05, 4.69) is 83.8 Å². The number of pyridine rings is 1. The van der Waals surface area contributed by atoms with Gasteiger partial charge in [-0.15, -0.1) is 11.3 Å². The zero-order valence-corrected chi connectivity index (χ0v) is 18.9. The maximum absolute atomic E-state index is 6.53. The fourth-order valence-corrected chi connectivity index (χ4v) is 6.53. The topological polar surface area (TPSA) is 26.0 Å². The number of para-hydroxylation sites is 1. The van der Waals surface area contributed by atoms with E-state index in [4.69, 9.17) is 4.42 Å². The van der Waals surface area contributed by atoms with Crippen LogP contribution in [-0.4, -0.2) is 4.98 Å². The molecule has 8 rings (SSSR count). The van der Waals surface area contributed by atoms with Crippen LogP contribution in [-0.2, 0) is 0 Å². The summed E-state index contributed by atoms with van der Waals surface area (Å²) in [6, 6.07) is 32.6. The molecule has 0 saturated heterocycles. The molecule has 3 heterocycles. The SMILES string of the molecule is c1cncc(-c2cc3cc4sc5ccccc5c4cc3c3c2ccc2c4ccccc4oc23)c1. The number of fused-ring (bicyclic) bond motifs is 10. The highest BCUT2D eigenvalue weighted by atomic mass is 32.1. The molecule has 3 aromatic heterocycles. The molecule has 0 radical (unpaired) electrons. The van der Waals surface area contributed by atoms with Gasteiger partial charge < -0.3 is 4.42 Å². The Bertz CT molecular complexity index is 2060. The third-order valence-electron chi connectivity index (χ3n) is 6.93. The Kier molecular flexibility index (Phi) is 3.57. The first-order valence-corrected chi connectivity index (χ1v) is 12.2. The summed E-state index contributed by atoms with van der Waals surface area (Å²) < 4.78 is 9.16.